The number of halogens is 2. The number of ether oxygens (including phenoxy) is 2. The van der Waals surface area contributed by atoms with Crippen LogP contribution in [0.25, 0.3) is 0 Å². The first-order valence-corrected chi connectivity index (χ1v) is 10.4. The second-order valence-corrected chi connectivity index (χ2v) is 7.43. The van der Waals surface area contributed by atoms with Gasteiger partial charge in [0.2, 0.25) is 4.77 Å². The molecule has 0 bridgehead atoms. The molecule has 1 aromatic heterocycles. The summed E-state index contributed by atoms with van der Waals surface area (Å²) in [6, 6.07) is 10.4. The van der Waals surface area contributed by atoms with E-state index < -0.39 is 0 Å². The second kappa shape index (κ2) is 9.89. The summed E-state index contributed by atoms with van der Waals surface area (Å²) in [5, 5.41) is 6.97. The summed E-state index contributed by atoms with van der Waals surface area (Å²) < 4.78 is 28.5. The molecule has 3 aromatic rings. The van der Waals surface area contributed by atoms with Gasteiger partial charge in [-0.25, -0.2) is 9.07 Å². The van der Waals surface area contributed by atoms with E-state index in [2.05, 4.69) is 31.6 Å². The van der Waals surface area contributed by atoms with Crippen molar-refractivity contribution >= 4 is 28.1 Å². The molecule has 2 aromatic carbocycles. The summed E-state index contributed by atoms with van der Waals surface area (Å²) >= 11 is 8.81. The zero-order valence-electron chi connectivity index (χ0n) is 16.2. The standard InChI is InChI=1S/C20H22BrFN4O2S/c1-3-18-24-25-20(29)26(18)23-11-13-9-15(21)19(17(10-13)27-4-2)28-12-14-7-5-6-8-16(14)22/h5-10,23H,3-4,11-12H2,1-2H3,(H,25,29). The molecule has 3 rings (SSSR count). The number of aromatic amines is 1. The Balaban J connectivity index is 1.79. The lowest BCUT2D eigenvalue weighted by molar-refractivity contribution is 0.264. The highest BCUT2D eigenvalue weighted by Gasteiger charge is 2.14. The Morgan fingerprint density at radius 3 is 2.76 bits per heavy atom. The monoisotopic (exact) mass is 480 g/mol. The van der Waals surface area contributed by atoms with Crippen LogP contribution in [0.2, 0.25) is 0 Å². The van der Waals surface area contributed by atoms with Crippen LogP contribution in [0.15, 0.2) is 40.9 Å². The molecule has 2 N–H and O–H groups in total. The van der Waals surface area contributed by atoms with Crippen LogP contribution in [0.4, 0.5) is 4.39 Å². The maximum Gasteiger partial charge on any atom is 0.214 e. The van der Waals surface area contributed by atoms with E-state index in [1.807, 2.05) is 26.0 Å². The third-order valence-electron chi connectivity index (χ3n) is 4.20. The zero-order valence-corrected chi connectivity index (χ0v) is 18.6. The molecule has 29 heavy (non-hydrogen) atoms. The molecule has 0 aliphatic rings. The maximum atomic E-state index is 13.9. The number of aryl methyl sites for hydroxylation is 1. The molecule has 0 radical (unpaired) electrons. The Labute approximate surface area is 182 Å². The van der Waals surface area contributed by atoms with Crippen LogP contribution in [0, 0.1) is 10.6 Å². The van der Waals surface area contributed by atoms with Gasteiger partial charge in [0.25, 0.3) is 0 Å². The summed E-state index contributed by atoms with van der Waals surface area (Å²) in [6.07, 6.45) is 0.747. The van der Waals surface area contributed by atoms with Crippen molar-refractivity contribution in [3.05, 3.63) is 68.4 Å². The van der Waals surface area contributed by atoms with Gasteiger partial charge in [-0.1, -0.05) is 25.1 Å². The largest absolute Gasteiger partial charge is 0.490 e. The third-order valence-corrected chi connectivity index (χ3v) is 5.06. The number of H-pyrrole nitrogens is 1. The van der Waals surface area contributed by atoms with Crippen molar-refractivity contribution in [2.45, 2.75) is 33.4 Å². The van der Waals surface area contributed by atoms with Gasteiger partial charge in [-0.15, -0.1) is 0 Å². The van der Waals surface area contributed by atoms with Crippen LogP contribution in [0.1, 0.15) is 30.8 Å². The molecule has 0 saturated carbocycles. The summed E-state index contributed by atoms with van der Waals surface area (Å²) in [7, 11) is 0. The SMILES string of the molecule is CCOc1cc(CNn2c(CC)n[nH]c2=S)cc(Br)c1OCc1ccccc1F. The fourth-order valence-electron chi connectivity index (χ4n) is 2.79. The minimum absolute atomic E-state index is 0.104. The molecule has 0 aliphatic heterocycles. The molecule has 9 heteroatoms. The van der Waals surface area contributed by atoms with E-state index in [1.54, 1.807) is 22.9 Å². The molecule has 154 valence electrons. The van der Waals surface area contributed by atoms with Gasteiger partial charge in [-0.2, -0.15) is 5.10 Å². The number of nitrogens with one attached hydrogen (secondary N) is 2. The van der Waals surface area contributed by atoms with E-state index in [4.69, 9.17) is 21.7 Å². The summed E-state index contributed by atoms with van der Waals surface area (Å²) in [5.41, 5.74) is 4.70. The van der Waals surface area contributed by atoms with Gasteiger partial charge in [0.15, 0.2) is 17.3 Å². The molecule has 1 heterocycles. The highest BCUT2D eigenvalue weighted by Crippen LogP contribution is 2.37. The van der Waals surface area contributed by atoms with E-state index in [9.17, 15) is 4.39 Å². The Bertz CT molecular complexity index is 1040. The number of benzene rings is 2. The zero-order chi connectivity index (χ0) is 20.8. The molecule has 0 saturated heterocycles. The maximum absolute atomic E-state index is 13.9. The number of nitrogens with zero attached hydrogens (tertiary/aromatic N) is 2. The van der Waals surface area contributed by atoms with Gasteiger partial charge in [-0.05, 0) is 58.8 Å². The molecule has 0 atom stereocenters. The Morgan fingerprint density at radius 2 is 2.03 bits per heavy atom. The van der Waals surface area contributed by atoms with Gasteiger partial charge in [-0.3, -0.25) is 5.10 Å². The quantitative estimate of drug-likeness (QED) is 0.415. The van der Waals surface area contributed by atoms with Crippen LogP contribution < -0.4 is 14.9 Å². The van der Waals surface area contributed by atoms with Crippen molar-refractivity contribution in [1.29, 1.82) is 0 Å². The van der Waals surface area contributed by atoms with E-state index in [0.717, 1.165) is 22.3 Å². The van der Waals surface area contributed by atoms with Gasteiger partial charge >= 0.3 is 0 Å². The molecule has 0 aliphatic carbocycles. The predicted octanol–water partition coefficient (Wildman–Crippen LogP) is 5.13. The highest BCUT2D eigenvalue weighted by atomic mass is 79.9. The second-order valence-electron chi connectivity index (χ2n) is 6.19. The lowest BCUT2D eigenvalue weighted by atomic mass is 10.2. The van der Waals surface area contributed by atoms with Crippen LogP contribution in [0.3, 0.4) is 0 Å². The highest BCUT2D eigenvalue weighted by molar-refractivity contribution is 9.10. The minimum atomic E-state index is -0.300. The van der Waals surface area contributed by atoms with Crippen molar-refractivity contribution in [2.75, 3.05) is 12.0 Å². The van der Waals surface area contributed by atoms with E-state index in [1.165, 1.54) is 6.07 Å². The number of hydrogen-bond acceptors (Lipinski definition) is 5. The minimum Gasteiger partial charge on any atom is -0.490 e. The normalized spacial score (nSPS) is 10.8. The van der Waals surface area contributed by atoms with E-state index in [0.29, 0.717) is 35.0 Å². The number of aromatic nitrogens is 3. The average molecular weight is 481 g/mol. The Morgan fingerprint density at radius 1 is 1.24 bits per heavy atom. The molecule has 0 spiro atoms. The Hall–Kier alpha value is -2.39. The predicted molar refractivity (Wildman–Crippen MR) is 116 cm³/mol. The lowest BCUT2D eigenvalue weighted by Crippen LogP contribution is -2.17. The summed E-state index contributed by atoms with van der Waals surface area (Å²) in [5.74, 6) is 1.64. The van der Waals surface area contributed by atoms with E-state index in [-0.39, 0.29) is 12.4 Å². The van der Waals surface area contributed by atoms with Gasteiger partial charge in [0.05, 0.1) is 17.6 Å². The molecule has 0 fully saturated rings. The first-order chi connectivity index (χ1) is 14.0. The summed E-state index contributed by atoms with van der Waals surface area (Å²) in [6.45, 7) is 5.00. The van der Waals surface area contributed by atoms with Crippen LogP contribution in [-0.2, 0) is 19.6 Å². The number of hydrogen-bond donors (Lipinski definition) is 2. The average Bonchev–Trinajstić information content (AvgIpc) is 3.07. The van der Waals surface area contributed by atoms with Gasteiger partial charge in [0, 0.05) is 12.0 Å². The van der Waals surface area contributed by atoms with Crippen LogP contribution in [0.5, 0.6) is 11.5 Å². The first kappa shape index (κ1) is 21.3. The van der Waals surface area contributed by atoms with Crippen molar-refractivity contribution in [3.63, 3.8) is 0 Å². The van der Waals surface area contributed by atoms with Crippen molar-refractivity contribution in [3.8, 4) is 11.5 Å². The molecular weight excluding hydrogens is 459 g/mol. The topological polar surface area (TPSA) is 64.1 Å². The van der Waals surface area contributed by atoms with Gasteiger partial charge in [0.1, 0.15) is 12.4 Å². The molecule has 6 nitrogen and oxygen atoms in total. The van der Waals surface area contributed by atoms with Crippen LogP contribution in [-0.4, -0.2) is 21.5 Å². The summed E-state index contributed by atoms with van der Waals surface area (Å²) in [4.78, 5) is 0. The first-order valence-electron chi connectivity index (χ1n) is 9.25. The Kier molecular flexibility index (Phi) is 7.27. The van der Waals surface area contributed by atoms with Crippen LogP contribution >= 0.6 is 28.1 Å². The molecule has 0 unspecified atom stereocenters. The molecule has 0 amide bonds. The number of rotatable bonds is 9. The van der Waals surface area contributed by atoms with Crippen molar-refractivity contribution < 1.29 is 13.9 Å². The lowest BCUT2D eigenvalue weighted by Gasteiger charge is -2.16. The van der Waals surface area contributed by atoms with E-state index >= 15 is 0 Å². The smallest absolute Gasteiger partial charge is 0.214 e. The van der Waals surface area contributed by atoms with Crippen molar-refractivity contribution in [1.82, 2.24) is 14.9 Å². The van der Waals surface area contributed by atoms with Crippen molar-refractivity contribution in [2.24, 2.45) is 0 Å². The fraction of sp³-hybridized carbons (Fsp3) is 0.300. The fourth-order valence-corrected chi connectivity index (χ4v) is 3.61. The van der Waals surface area contributed by atoms with Gasteiger partial charge < -0.3 is 14.9 Å². The third kappa shape index (κ3) is 5.16. The molecular formula is C20H22BrFN4O2S.